The van der Waals surface area contributed by atoms with Crippen molar-refractivity contribution in [2.45, 2.75) is 57.6 Å². The number of hydrogen-bond acceptors (Lipinski definition) is 3. The van der Waals surface area contributed by atoms with Crippen molar-refractivity contribution in [3.63, 3.8) is 0 Å². The van der Waals surface area contributed by atoms with Crippen LogP contribution in [0.15, 0.2) is 48.7 Å². The second-order valence-electron chi connectivity index (χ2n) is 10.9. The predicted molar refractivity (Wildman–Crippen MR) is 133 cm³/mol. The Hall–Kier alpha value is -2.79. The molecule has 1 fully saturated rings. The van der Waals surface area contributed by atoms with Gasteiger partial charge in [-0.3, -0.25) is 0 Å². The van der Waals surface area contributed by atoms with E-state index in [0.717, 1.165) is 24.9 Å². The second-order valence-corrected chi connectivity index (χ2v) is 10.9. The Morgan fingerprint density at radius 1 is 1.18 bits per heavy atom. The van der Waals surface area contributed by atoms with Crippen molar-refractivity contribution in [1.82, 2.24) is 15.2 Å². The summed E-state index contributed by atoms with van der Waals surface area (Å²) in [6.07, 6.45) is 4.06. The minimum atomic E-state index is -0.336. The lowest BCUT2D eigenvalue weighted by atomic mass is 9.71. The fraction of sp³-hybridized carbons (Fsp3) is 0.464. The zero-order chi connectivity index (χ0) is 23.2. The zero-order valence-corrected chi connectivity index (χ0v) is 20.2. The Labute approximate surface area is 196 Å². The maximum Gasteiger partial charge on any atom is 0.407 e. The van der Waals surface area contributed by atoms with Crippen molar-refractivity contribution in [2.24, 2.45) is 5.92 Å². The van der Waals surface area contributed by atoms with Gasteiger partial charge in [0.25, 0.3) is 0 Å². The average molecular weight is 446 g/mol. The van der Waals surface area contributed by atoms with E-state index in [0.29, 0.717) is 31.0 Å². The Morgan fingerprint density at radius 2 is 1.97 bits per heavy atom. The molecule has 5 heteroatoms. The first-order valence-corrected chi connectivity index (χ1v) is 12.1. The molecule has 5 nitrogen and oxygen atoms in total. The highest BCUT2D eigenvalue weighted by Crippen LogP contribution is 2.46. The summed E-state index contributed by atoms with van der Waals surface area (Å²) in [7, 11) is 2.23. The molecule has 0 saturated carbocycles. The number of carbonyl (C=O) groups excluding carboxylic acids is 1. The summed E-state index contributed by atoms with van der Waals surface area (Å²) in [5.74, 6) is 0.883. The molecule has 2 N–H and O–H groups in total. The van der Waals surface area contributed by atoms with Crippen molar-refractivity contribution in [3.8, 4) is 0 Å². The van der Waals surface area contributed by atoms with Gasteiger partial charge in [-0.05, 0) is 53.5 Å². The molecule has 33 heavy (non-hydrogen) atoms. The Kier molecular flexibility index (Phi) is 5.69. The molecule has 0 bridgehead atoms. The van der Waals surface area contributed by atoms with E-state index >= 15 is 0 Å². The van der Waals surface area contributed by atoms with Gasteiger partial charge >= 0.3 is 6.09 Å². The highest BCUT2D eigenvalue weighted by Gasteiger charge is 2.40. The Bertz CT molecular complexity index is 1150. The molecule has 1 saturated heterocycles. The van der Waals surface area contributed by atoms with Gasteiger partial charge in [-0.1, -0.05) is 63.2 Å². The maximum atomic E-state index is 12.3. The van der Waals surface area contributed by atoms with Gasteiger partial charge in [-0.2, -0.15) is 0 Å². The number of fused-ring (bicyclic) bond motifs is 2. The number of likely N-dealkylation sites (N-methyl/N-ethyl adjacent to an activating group) is 1. The lowest BCUT2D eigenvalue weighted by Gasteiger charge is -2.45. The first kappa shape index (κ1) is 22.0. The number of hydrogen-bond donors (Lipinski definition) is 2. The molecule has 1 aliphatic carbocycles. The summed E-state index contributed by atoms with van der Waals surface area (Å²) in [5.41, 5.74) is 6.71. The number of alkyl carbamates (subject to hydrolysis) is 1. The number of piperidine rings is 1. The summed E-state index contributed by atoms with van der Waals surface area (Å²) in [5, 5.41) is 4.45. The van der Waals surface area contributed by atoms with Crippen LogP contribution < -0.4 is 5.32 Å². The Morgan fingerprint density at radius 3 is 2.73 bits per heavy atom. The zero-order valence-electron chi connectivity index (χ0n) is 20.2. The second kappa shape index (κ2) is 8.53. The molecule has 3 atom stereocenters. The molecule has 1 amide bonds. The number of benzene rings is 2. The number of ether oxygens (including phenoxy) is 1. The first-order valence-electron chi connectivity index (χ1n) is 12.1. The molecule has 0 radical (unpaired) electrons. The summed E-state index contributed by atoms with van der Waals surface area (Å²) >= 11 is 0. The highest BCUT2D eigenvalue weighted by molar-refractivity contribution is 5.91. The molecule has 2 heterocycles. The molecular weight excluding hydrogens is 410 g/mol. The van der Waals surface area contributed by atoms with Crippen LogP contribution >= 0.6 is 0 Å². The third-order valence-corrected chi connectivity index (χ3v) is 7.50. The largest absolute Gasteiger partial charge is 0.445 e. The van der Waals surface area contributed by atoms with E-state index in [1.807, 2.05) is 30.3 Å². The van der Waals surface area contributed by atoms with Crippen molar-refractivity contribution in [1.29, 1.82) is 0 Å². The minimum absolute atomic E-state index is 0.105. The van der Waals surface area contributed by atoms with Crippen LogP contribution in [-0.4, -0.2) is 42.2 Å². The quantitative estimate of drug-likeness (QED) is 0.569. The van der Waals surface area contributed by atoms with Crippen molar-refractivity contribution >= 4 is 17.0 Å². The number of H-pyrrole nitrogens is 1. The summed E-state index contributed by atoms with van der Waals surface area (Å²) in [6.45, 7) is 8.78. The number of aromatic nitrogens is 1. The lowest BCUT2D eigenvalue weighted by molar-refractivity contribution is 0.104. The Balaban J connectivity index is 1.29. The molecule has 3 aromatic rings. The average Bonchev–Trinajstić information content (AvgIpc) is 3.21. The molecule has 2 aliphatic rings. The summed E-state index contributed by atoms with van der Waals surface area (Å²) in [4.78, 5) is 18.4. The third-order valence-electron chi connectivity index (χ3n) is 7.50. The number of likely N-dealkylation sites (tertiary alicyclic amines) is 1. The SMILES string of the molecule is CN1C[C@H](CNC(=O)OCc2ccccc2)C[C@@H]2c3ccc(C(C)(C)C)c4[nH]cc(c34)C[C@H]21. The number of amides is 1. The molecule has 1 aliphatic heterocycles. The van der Waals surface area contributed by atoms with E-state index in [1.165, 1.54) is 27.6 Å². The molecule has 174 valence electrons. The summed E-state index contributed by atoms with van der Waals surface area (Å²) < 4.78 is 5.41. The highest BCUT2D eigenvalue weighted by atomic mass is 16.5. The molecule has 5 rings (SSSR count). The van der Waals surface area contributed by atoms with Crippen LogP contribution in [0, 0.1) is 5.92 Å². The van der Waals surface area contributed by atoms with E-state index in [4.69, 9.17) is 4.74 Å². The van der Waals surface area contributed by atoms with E-state index in [-0.39, 0.29) is 11.5 Å². The topological polar surface area (TPSA) is 57.4 Å². The van der Waals surface area contributed by atoms with Gasteiger partial charge in [0.1, 0.15) is 6.61 Å². The monoisotopic (exact) mass is 445 g/mol. The van der Waals surface area contributed by atoms with Gasteiger partial charge in [-0.15, -0.1) is 0 Å². The van der Waals surface area contributed by atoms with E-state index < -0.39 is 0 Å². The molecule has 0 unspecified atom stereocenters. The van der Waals surface area contributed by atoms with Crippen molar-refractivity contribution in [2.75, 3.05) is 20.1 Å². The fourth-order valence-electron chi connectivity index (χ4n) is 5.89. The van der Waals surface area contributed by atoms with E-state index in [1.54, 1.807) is 0 Å². The molecule has 1 aromatic heterocycles. The van der Waals surface area contributed by atoms with Gasteiger partial charge in [0, 0.05) is 42.1 Å². The minimum Gasteiger partial charge on any atom is -0.445 e. The molecule has 0 spiro atoms. The van der Waals surface area contributed by atoms with Crippen LogP contribution in [0.4, 0.5) is 4.79 Å². The molecule has 2 aromatic carbocycles. The van der Waals surface area contributed by atoms with Crippen LogP contribution in [-0.2, 0) is 23.2 Å². The van der Waals surface area contributed by atoms with Crippen molar-refractivity contribution < 1.29 is 9.53 Å². The normalized spacial score (nSPS) is 22.7. The maximum absolute atomic E-state index is 12.3. The smallest absolute Gasteiger partial charge is 0.407 e. The van der Waals surface area contributed by atoms with Crippen molar-refractivity contribution in [3.05, 3.63) is 70.9 Å². The van der Waals surface area contributed by atoms with Crippen LogP contribution in [0.2, 0.25) is 0 Å². The van der Waals surface area contributed by atoms with Crippen LogP contribution in [0.5, 0.6) is 0 Å². The standard InChI is InChI=1S/C28H35N3O2/c1-28(2,3)23-11-10-21-22-12-19(14-30-27(32)33-17-18-8-6-5-7-9-18)16-31(4)24(22)13-20-15-29-26(23)25(20)21/h5-11,15,19,22,24,29H,12-14,16-17H2,1-4H3,(H,30,32)/t19-,22+,24+/m0/s1. The van der Waals surface area contributed by atoms with Gasteiger partial charge < -0.3 is 19.9 Å². The number of nitrogens with one attached hydrogen (secondary N) is 2. The van der Waals surface area contributed by atoms with Gasteiger partial charge in [0.05, 0.1) is 0 Å². The van der Waals surface area contributed by atoms with Crippen LogP contribution in [0.1, 0.15) is 55.4 Å². The lowest BCUT2D eigenvalue weighted by Crippen LogP contribution is -2.50. The number of carbonyl (C=O) groups is 1. The third kappa shape index (κ3) is 4.26. The van der Waals surface area contributed by atoms with Crippen LogP contribution in [0.25, 0.3) is 10.9 Å². The first-order chi connectivity index (χ1) is 15.8. The number of nitrogens with zero attached hydrogens (tertiary/aromatic N) is 1. The number of aromatic amines is 1. The molecular formula is C28H35N3O2. The summed E-state index contributed by atoms with van der Waals surface area (Å²) in [6, 6.07) is 15.0. The fourth-order valence-corrected chi connectivity index (χ4v) is 5.89. The predicted octanol–water partition coefficient (Wildman–Crippen LogP) is 5.35. The van der Waals surface area contributed by atoms with Gasteiger partial charge in [0.15, 0.2) is 0 Å². The van der Waals surface area contributed by atoms with E-state index in [9.17, 15) is 4.79 Å². The van der Waals surface area contributed by atoms with Gasteiger partial charge in [-0.25, -0.2) is 4.79 Å². The number of rotatable bonds is 4. The van der Waals surface area contributed by atoms with Crippen LogP contribution in [0.3, 0.4) is 0 Å². The van der Waals surface area contributed by atoms with Gasteiger partial charge in [0.2, 0.25) is 0 Å². The van der Waals surface area contributed by atoms with E-state index in [2.05, 4.69) is 61.3 Å².